The summed E-state index contributed by atoms with van der Waals surface area (Å²) < 4.78 is 4.85. The van der Waals surface area contributed by atoms with E-state index in [4.69, 9.17) is 4.74 Å². The second-order valence-electron chi connectivity index (χ2n) is 6.92. The average Bonchev–Trinajstić information content (AvgIpc) is 2.68. The van der Waals surface area contributed by atoms with Crippen LogP contribution in [0, 0.1) is 5.92 Å². The molecule has 0 aromatic heterocycles. The van der Waals surface area contributed by atoms with Crippen molar-refractivity contribution in [1.82, 2.24) is 10.2 Å². The summed E-state index contributed by atoms with van der Waals surface area (Å²) in [5.74, 6) is 0.864. The van der Waals surface area contributed by atoms with Gasteiger partial charge in [-0.25, -0.2) is 0 Å². The van der Waals surface area contributed by atoms with E-state index in [1.54, 1.807) is 0 Å². The van der Waals surface area contributed by atoms with Crippen molar-refractivity contribution in [3.8, 4) is 0 Å². The number of esters is 1. The number of nitrogens with one attached hydrogen (secondary N) is 1. The molecule has 1 N–H and O–H groups in total. The number of guanidine groups is 1. The molecule has 1 aliphatic rings. The summed E-state index contributed by atoms with van der Waals surface area (Å²) in [6, 6.07) is 8.71. The lowest BCUT2D eigenvalue weighted by molar-refractivity contribution is -0.146. The molecule has 0 amide bonds. The molecule has 0 bridgehead atoms. The van der Waals surface area contributed by atoms with E-state index in [0.717, 1.165) is 51.3 Å². The van der Waals surface area contributed by atoms with Gasteiger partial charge in [-0.05, 0) is 43.4 Å². The molecule has 0 spiro atoms. The zero-order valence-corrected chi connectivity index (χ0v) is 16.5. The highest BCUT2D eigenvalue weighted by atomic mass is 16.5. The molecular weight excluding hydrogens is 328 g/mol. The summed E-state index contributed by atoms with van der Waals surface area (Å²) in [7, 11) is 7.38. The van der Waals surface area contributed by atoms with Crippen molar-refractivity contribution in [2.45, 2.75) is 25.7 Å². The van der Waals surface area contributed by atoms with E-state index in [-0.39, 0.29) is 11.9 Å². The molecule has 1 saturated heterocycles. The van der Waals surface area contributed by atoms with Crippen molar-refractivity contribution in [1.29, 1.82) is 0 Å². The maximum Gasteiger partial charge on any atom is 0.308 e. The summed E-state index contributed by atoms with van der Waals surface area (Å²) in [5.41, 5.74) is 2.58. The molecule has 144 valence electrons. The number of aliphatic imine (C=N–C) groups is 1. The number of piperidine rings is 1. The fourth-order valence-corrected chi connectivity index (χ4v) is 3.28. The van der Waals surface area contributed by atoms with Gasteiger partial charge in [0.2, 0.25) is 0 Å². The average molecular weight is 361 g/mol. The van der Waals surface area contributed by atoms with Crippen LogP contribution < -0.4 is 10.2 Å². The predicted octanol–water partition coefficient (Wildman–Crippen LogP) is 2.15. The molecule has 1 heterocycles. The summed E-state index contributed by atoms with van der Waals surface area (Å²) in [6.45, 7) is 2.57. The molecule has 0 saturated carbocycles. The van der Waals surface area contributed by atoms with Crippen LogP contribution in [0.1, 0.15) is 24.8 Å². The fourth-order valence-electron chi connectivity index (χ4n) is 3.28. The quantitative estimate of drug-likeness (QED) is 0.365. The summed E-state index contributed by atoms with van der Waals surface area (Å²) >= 11 is 0. The maximum absolute atomic E-state index is 11.6. The van der Waals surface area contributed by atoms with Gasteiger partial charge in [0.25, 0.3) is 0 Å². The smallest absolute Gasteiger partial charge is 0.308 e. The van der Waals surface area contributed by atoms with Crippen molar-refractivity contribution in [2.24, 2.45) is 10.9 Å². The number of carbonyl (C=O) groups excluding carboxylic acids is 1. The van der Waals surface area contributed by atoms with E-state index in [2.05, 4.69) is 58.5 Å². The van der Waals surface area contributed by atoms with Crippen LogP contribution in [0.2, 0.25) is 0 Å². The van der Waals surface area contributed by atoms with Gasteiger partial charge in [0.15, 0.2) is 5.96 Å². The number of hydrogen-bond acceptors (Lipinski definition) is 4. The van der Waals surface area contributed by atoms with E-state index in [1.165, 1.54) is 18.4 Å². The highest BCUT2D eigenvalue weighted by Gasteiger charge is 2.26. The van der Waals surface area contributed by atoms with E-state index in [9.17, 15) is 4.79 Å². The van der Waals surface area contributed by atoms with Crippen LogP contribution in [0.5, 0.6) is 0 Å². The SMILES string of the molecule is CN=C(NCCCc1ccc(N(C)C)cc1)N1CCC(C(=O)OC)CC1. The molecule has 0 aliphatic carbocycles. The molecule has 0 atom stereocenters. The van der Waals surface area contributed by atoms with Crippen LogP contribution >= 0.6 is 0 Å². The van der Waals surface area contributed by atoms with Crippen LogP contribution in [0.15, 0.2) is 29.3 Å². The number of rotatable bonds is 6. The van der Waals surface area contributed by atoms with Gasteiger partial charge in [0.1, 0.15) is 0 Å². The van der Waals surface area contributed by atoms with Crippen LogP contribution in [-0.4, -0.2) is 64.7 Å². The third-order valence-corrected chi connectivity index (χ3v) is 4.92. The van der Waals surface area contributed by atoms with E-state index in [1.807, 2.05) is 7.05 Å². The topological polar surface area (TPSA) is 57.2 Å². The number of nitrogens with zero attached hydrogens (tertiary/aromatic N) is 3. The largest absolute Gasteiger partial charge is 0.469 e. The van der Waals surface area contributed by atoms with Gasteiger partial charge in [0, 0.05) is 46.5 Å². The summed E-state index contributed by atoms with van der Waals surface area (Å²) in [5, 5.41) is 3.45. The molecule has 2 rings (SSSR count). The Morgan fingerprint density at radius 3 is 2.46 bits per heavy atom. The lowest BCUT2D eigenvalue weighted by Gasteiger charge is -2.33. The van der Waals surface area contributed by atoms with Gasteiger partial charge in [-0.15, -0.1) is 0 Å². The Kier molecular flexibility index (Phi) is 7.75. The number of aryl methyl sites for hydroxylation is 1. The lowest BCUT2D eigenvalue weighted by atomic mass is 9.97. The molecule has 6 nitrogen and oxygen atoms in total. The Morgan fingerprint density at radius 1 is 1.27 bits per heavy atom. The minimum atomic E-state index is -0.0899. The highest BCUT2D eigenvalue weighted by molar-refractivity contribution is 5.80. The van der Waals surface area contributed by atoms with Gasteiger partial charge >= 0.3 is 5.97 Å². The monoisotopic (exact) mass is 360 g/mol. The minimum Gasteiger partial charge on any atom is -0.469 e. The Bertz CT molecular complexity index is 590. The van der Waals surface area contributed by atoms with Crippen molar-refractivity contribution in [2.75, 3.05) is 52.8 Å². The number of anilines is 1. The van der Waals surface area contributed by atoms with Crippen LogP contribution in [0.25, 0.3) is 0 Å². The number of likely N-dealkylation sites (tertiary alicyclic amines) is 1. The summed E-state index contributed by atoms with van der Waals surface area (Å²) in [4.78, 5) is 20.4. The minimum absolute atomic E-state index is 0.0273. The molecule has 1 aromatic rings. The van der Waals surface area contributed by atoms with Gasteiger partial charge in [-0.1, -0.05) is 12.1 Å². The first-order valence-corrected chi connectivity index (χ1v) is 9.35. The van der Waals surface area contributed by atoms with Crippen LogP contribution in [0.4, 0.5) is 5.69 Å². The Balaban J connectivity index is 1.71. The van der Waals surface area contributed by atoms with Crippen LogP contribution in [-0.2, 0) is 16.0 Å². The first-order chi connectivity index (χ1) is 12.5. The number of methoxy groups -OCH3 is 1. The van der Waals surface area contributed by atoms with E-state index >= 15 is 0 Å². The molecule has 0 radical (unpaired) electrons. The second-order valence-corrected chi connectivity index (χ2v) is 6.92. The zero-order chi connectivity index (χ0) is 18.9. The molecule has 1 fully saturated rings. The van der Waals surface area contributed by atoms with Gasteiger partial charge in [0.05, 0.1) is 13.0 Å². The molecule has 6 heteroatoms. The second kappa shape index (κ2) is 10.0. The third-order valence-electron chi connectivity index (χ3n) is 4.92. The standard InChI is InChI=1S/C20H32N4O2/c1-21-20(24-14-11-17(12-15-24)19(25)26-4)22-13-5-6-16-7-9-18(10-8-16)23(2)3/h7-10,17H,5-6,11-15H2,1-4H3,(H,21,22). The van der Waals surface area contributed by atoms with Crippen molar-refractivity contribution in [3.05, 3.63) is 29.8 Å². The third kappa shape index (κ3) is 5.64. The number of hydrogen-bond donors (Lipinski definition) is 1. The first-order valence-electron chi connectivity index (χ1n) is 9.35. The summed E-state index contributed by atoms with van der Waals surface area (Å²) in [6.07, 6.45) is 3.75. The molecule has 0 unspecified atom stereocenters. The van der Waals surface area contributed by atoms with Crippen molar-refractivity contribution in [3.63, 3.8) is 0 Å². The molecule has 26 heavy (non-hydrogen) atoms. The number of benzene rings is 1. The van der Waals surface area contributed by atoms with E-state index < -0.39 is 0 Å². The molecule has 1 aromatic carbocycles. The van der Waals surface area contributed by atoms with Gasteiger partial charge in [-0.3, -0.25) is 9.79 Å². The Labute approximate surface area is 157 Å². The molecular formula is C20H32N4O2. The normalized spacial score (nSPS) is 15.7. The van der Waals surface area contributed by atoms with Crippen molar-refractivity contribution >= 4 is 17.6 Å². The molecule has 1 aliphatic heterocycles. The number of ether oxygens (including phenoxy) is 1. The highest BCUT2D eigenvalue weighted by Crippen LogP contribution is 2.18. The maximum atomic E-state index is 11.6. The predicted molar refractivity (Wildman–Crippen MR) is 107 cm³/mol. The van der Waals surface area contributed by atoms with Gasteiger partial charge in [-0.2, -0.15) is 0 Å². The zero-order valence-electron chi connectivity index (χ0n) is 16.5. The van der Waals surface area contributed by atoms with Crippen molar-refractivity contribution < 1.29 is 9.53 Å². The fraction of sp³-hybridized carbons (Fsp3) is 0.600. The van der Waals surface area contributed by atoms with E-state index in [0.29, 0.717) is 0 Å². The first kappa shape index (κ1) is 20.1. The van der Waals surface area contributed by atoms with Crippen LogP contribution in [0.3, 0.4) is 0 Å². The lowest BCUT2D eigenvalue weighted by Crippen LogP contribution is -2.46. The van der Waals surface area contributed by atoms with Gasteiger partial charge < -0.3 is 19.9 Å². The Morgan fingerprint density at radius 2 is 1.92 bits per heavy atom. The Hall–Kier alpha value is -2.24. The number of carbonyl (C=O) groups is 1.